The van der Waals surface area contributed by atoms with E-state index >= 15 is 0 Å². The molecular weight excluding hydrogens is 985 g/mol. The fourth-order valence-electron chi connectivity index (χ4n) is 10.0. The van der Waals surface area contributed by atoms with E-state index in [9.17, 15) is 14.4 Å². The number of carbonyl (C=O) groups excluding carboxylic acids is 3. The Bertz CT molecular complexity index is 1520. The molecule has 0 saturated heterocycles. The molecule has 0 N–H and O–H groups in total. The lowest BCUT2D eigenvalue weighted by Crippen LogP contribution is -2.30. The highest BCUT2D eigenvalue weighted by atomic mass is 16.6. The van der Waals surface area contributed by atoms with Crippen molar-refractivity contribution in [2.75, 3.05) is 13.2 Å². The second-order valence-corrected chi connectivity index (χ2v) is 23.1. The maximum Gasteiger partial charge on any atom is 0.306 e. The maximum absolute atomic E-state index is 12.9. The minimum absolute atomic E-state index is 0.0705. The Hall–Kier alpha value is -3.41. The minimum atomic E-state index is -0.774. The van der Waals surface area contributed by atoms with E-state index in [1.165, 1.54) is 205 Å². The van der Waals surface area contributed by atoms with E-state index in [1.54, 1.807) is 0 Å². The number of carbonyl (C=O) groups is 3. The Kier molecular flexibility index (Phi) is 65.2. The van der Waals surface area contributed by atoms with E-state index in [1.807, 2.05) is 0 Å². The van der Waals surface area contributed by atoms with E-state index in [4.69, 9.17) is 14.2 Å². The molecule has 0 aliphatic rings. The fraction of sp³-hybridized carbons (Fsp3) is 0.770. The first kappa shape index (κ1) is 76.6. The van der Waals surface area contributed by atoms with Crippen molar-refractivity contribution in [2.24, 2.45) is 0 Å². The van der Waals surface area contributed by atoms with Crippen LogP contribution in [0.2, 0.25) is 0 Å². The zero-order chi connectivity index (χ0) is 57.8. The average molecular weight is 1120 g/mol. The number of ether oxygens (including phenoxy) is 3. The Morgan fingerprint density at radius 2 is 0.487 bits per heavy atom. The molecule has 462 valence electrons. The van der Waals surface area contributed by atoms with Gasteiger partial charge in [0.2, 0.25) is 0 Å². The third-order valence-corrected chi connectivity index (χ3v) is 15.2. The van der Waals surface area contributed by atoms with Crippen LogP contribution in [0.3, 0.4) is 0 Å². The van der Waals surface area contributed by atoms with Gasteiger partial charge in [-0.1, -0.05) is 337 Å². The largest absolute Gasteiger partial charge is 0.462 e. The zero-order valence-electron chi connectivity index (χ0n) is 53.1. The number of hydrogen-bond donors (Lipinski definition) is 0. The number of allylic oxidation sites excluding steroid dienone is 14. The molecular formula is C74H130O6. The van der Waals surface area contributed by atoms with E-state index < -0.39 is 6.10 Å². The van der Waals surface area contributed by atoms with Gasteiger partial charge in [-0.15, -0.1) is 0 Å². The third-order valence-electron chi connectivity index (χ3n) is 15.2. The van der Waals surface area contributed by atoms with Gasteiger partial charge in [0.15, 0.2) is 6.10 Å². The van der Waals surface area contributed by atoms with E-state index in [-0.39, 0.29) is 31.1 Å². The molecule has 0 aliphatic heterocycles. The smallest absolute Gasteiger partial charge is 0.306 e. The first-order valence-electron chi connectivity index (χ1n) is 34.6. The predicted octanol–water partition coefficient (Wildman–Crippen LogP) is 23.8. The Balaban J connectivity index is 4.20. The van der Waals surface area contributed by atoms with Crippen LogP contribution < -0.4 is 0 Å². The highest BCUT2D eigenvalue weighted by Gasteiger charge is 2.19. The summed E-state index contributed by atoms with van der Waals surface area (Å²) in [5, 5.41) is 0. The van der Waals surface area contributed by atoms with Crippen LogP contribution in [0.1, 0.15) is 348 Å². The minimum Gasteiger partial charge on any atom is -0.462 e. The van der Waals surface area contributed by atoms with E-state index in [2.05, 4.69) is 106 Å². The van der Waals surface area contributed by atoms with Crippen LogP contribution in [0.5, 0.6) is 0 Å². The monoisotopic (exact) mass is 1110 g/mol. The van der Waals surface area contributed by atoms with Crippen molar-refractivity contribution in [3.63, 3.8) is 0 Å². The molecule has 0 aromatic heterocycles. The van der Waals surface area contributed by atoms with Gasteiger partial charge in [0, 0.05) is 19.3 Å². The Labute approximate surface area is 496 Å². The van der Waals surface area contributed by atoms with Crippen molar-refractivity contribution < 1.29 is 28.6 Å². The van der Waals surface area contributed by atoms with Gasteiger partial charge in [-0.3, -0.25) is 14.4 Å². The molecule has 0 saturated carbocycles. The first-order valence-corrected chi connectivity index (χ1v) is 34.6. The van der Waals surface area contributed by atoms with Crippen molar-refractivity contribution >= 4 is 17.9 Å². The van der Waals surface area contributed by atoms with Crippen molar-refractivity contribution in [1.82, 2.24) is 0 Å². The van der Waals surface area contributed by atoms with Gasteiger partial charge < -0.3 is 14.2 Å². The quantitative estimate of drug-likeness (QED) is 0.0261. The van der Waals surface area contributed by atoms with Gasteiger partial charge in [0.05, 0.1) is 0 Å². The Morgan fingerprint density at radius 1 is 0.263 bits per heavy atom. The summed E-state index contributed by atoms with van der Waals surface area (Å²) in [6.07, 6.45) is 90.3. The molecule has 0 fully saturated rings. The summed E-state index contributed by atoms with van der Waals surface area (Å²) < 4.78 is 17.0. The second kappa shape index (κ2) is 68.1. The zero-order valence-corrected chi connectivity index (χ0v) is 53.1. The average Bonchev–Trinajstić information content (AvgIpc) is 3.46. The summed E-state index contributed by atoms with van der Waals surface area (Å²) in [5.41, 5.74) is 0. The van der Waals surface area contributed by atoms with Gasteiger partial charge in [-0.25, -0.2) is 0 Å². The lowest BCUT2D eigenvalue weighted by Gasteiger charge is -2.18. The van der Waals surface area contributed by atoms with Crippen molar-refractivity contribution in [3.05, 3.63) is 85.1 Å². The summed E-state index contributed by atoms with van der Waals surface area (Å²) in [5.74, 6) is -0.853. The lowest BCUT2D eigenvalue weighted by atomic mass is 10.0. The molecule has 6 heteroatoms. The first-order chi connectivity index (χ1) is 39.5. The van der Waals surface area contributed by atoms with Crippen LogP contribution in [0.15, 0.2) is 85.1 Å². The van der Waals surface area contributed by atoms with Crippen LogP contribution in [-0.2, 0) is 28.6 Å². The predicted molar refractivity (Wildman–Crippen MR) is 348 cm³/mol. The van der Waals surface area contributed by atoms with Crippen LogP contribution in [0.25, 0.3) is 0 Å². The van der Waals surface area contributed by atoms with Gasteiger partial charge in [0.1, 0.15) is 13.2 Å². The maximum atomic E-state index is 12.9. The van der Waals surface area contributed by atoms with Gasteiger partial charge >= 0.3 is 17.9 Å². The number of hydrogen-bond acceptors (Lipinski definition) is 6. The van der Waals surface area contributed by atoms with Crippen LogP contribution >= 0.6 is 0 Å². The molecule has 0 aliphatic carbocycles. The number of rotatable bonds is 63. The number of esters is 3. The molecule has 0 radical (unpaired) electrons. The van der Waals surface area contributed by atoms with Crippen molar-refractivity contribution in [1.29, 1.82) is 0 Å². The fourth-order valence-corrected chi connectivity index (χ4v) is 10.0. The molecule has 0 heterocycles. The topological polar surface area (TPSA) is 78.9 Å². The lowest BCUT2D eigenvalue weighted by molar-refractivity contribution is -0.167. The summed E-state index contributed by atoms with van der Waals surface area (Å²) in [4.78, 5) is 38.4. The van der Waals surface area contributed by atoms with Crippen molar-refractivity contribution in [2.45, 2.75) is 354 Å². The number of unbranched alkanes of at least 4 members (excludes halogenated alkanes) is 38. The molecule has 0 aromatic rings. The highest BCUT2D eigenvalue weighted by molar-refractivity contribution is 5.71. The standard InChI is InChI=1S/C74H130O6/c1-4-7-10-13-16-19-22-25-28-29-30-31-32-33-34-35-36-37-38-39-40-41-42-43-44-45-47-49-52-55-58-61-64-67-73(76)79-70-71(69-78-72(75)66-63-60-57-54-51-48-27-24-21-18-15-12-9-6-3)80-74(77)68-65-62-59-56-53-50-46-26-23-20-17-14-11-8-5-2/h7,10,16,19,25,28,30-31,33-34,36-37,39-40,71H,4-6,8-9,11-15,17-18,20-24,26-27,29,32,35,38,41-70H2,1-3H3/b10-7-,19-16-,28-25-,31-30-,34-33-,37-36-,40-39-. The molecule has 0 bridgehead atoms. The molecule has 1 atom stereocenters. The SMILES string of the molecule is CC/C=C\C/C=C\C/C=C\C/C=C\C/C=C\C/C=C\C/C=C\CCCCCCCCCCCCCC(=O)OCC(COC(=O)CCCCCCCCCCCCCCCC)OC(=O)CCCCCCCCCCCCCCCCC. The van der Waals surface area contributed by atoms with E-state index in [0.717, 1.165) is 103 Å². The molecule has 0 aromatic carbocycles. The van der Waals surface area contributed by atoms with Gasteiger partial charge in [-0.05, 0) is 77.0 Å². The van der Waals surface area contributed by atoms with Crippen LogP contribution in [0, 0.1) is 0 Å². The van der Waals surface area contributed by atoms with Crippen molar-refractivity contribution in [3.8, 4) is 0 Å². The molecule has 0 rings (SSSR count). The van der Waals surface area contributed by atoms with Gasteiger partial charge in [-0.2, -0.15) is 0 Å². The molecule has 0 amide bonds. The van der Waals surface area contributed by atoms with E-state index in [0.29, 0.717) is 19.3 Å². The van der Waals surface area contributed by atoms with Crippen LogP contribution in [0.4, 0.5) is 0 Å². The normalized spacial score (nSPS) is 12.6. The summed E-state index contributed by atoms with van der Waals surface area (Å²) >= 11 is 0. The molecule has 1 unspecified atom stereocenters. The molecule has 0 spiro atoms. The third kappa shape index (κ3) is 65.4. The molecule has 80 heavy (non-hydrogen) atoms. The second-order valence-electron chi connectivity index (χ2n) is 23.1. The highest BCUT2D eigenvalue weighted by Crippen LogP contribution is 2.18. The summed E-state index contributed by atoms with van der Waals surface area (Å²) in [7, 11) is 0. The summed E-state index contributed by atoms with van der Waals surface area (Å²) in [6, 6.07) is 0. The summed E-state index contributed by atoms with van der Waals surface area (Å²) in [6.45, 7) is 6.57. The van der Waals surface area contributed by atoms with Gasteiger partial charge in [0.25, 0.3) is 0 Å². The molecule has 6 nitrogen and oxygen atoms in total. The Morgan fingerprint density at radius 3 is 0.762 bits per heavy atom. The van der Waals surface area contributed by atoms with Crippen LogP contribution in [-0.4, -0.2) is 37.2 Å².